The zero-order valence-corrected chi connectivity index (χ0v) is 75.7. The van der Waals surface area contributed by atoms with E-state index in [0.717, 1.165) is 133 Å². The van der Waals surface area contributed by atoms with Gasteiger partial charge in [0.05, 0.1) is 64.5 Å². The molecule has 3 aliphatic heterocycles. The van der Waals surface area contributed by atoms with E-state index >= 15 is 4.39 Å². The number of nitrogens with one attached hydrogen (secondary N) is 4. The number of nitrogens with zero attached hydrogens (tertiary/aromatic N) is 15. The van der Waals surface area contributed by atoms with Crippen molar-refractivity contribution in [3.63, 3.8) is 0 Å². The first kappa shape index (κ1) is 88.4. The maximum atomic E-state index is 15.0. The fraction of sp³-hybridized carbons (Fsp3) is 0.311. The third kappa shape index (κ3) is 19.4. The molecule has 23 rings (SSSR count). The highest BCUT2D eigenvalue weighted by Gasteiger charge is 2.52. The minimum absolute atomic E-state index is 0.0111. The maximum absolute atomic E-state index is 15.0. The van der Waals surface area contributed by atoms with Gasteiger partial charge >= 0.3 is 0 Å². The average Bonchev–Trinajstić information content (AvgIpc) is 1.65. The molecule has 0 spiro atoms. The lowest BCUT2D eigenvalue weighted by molar-refractivity contribution is -0.118. The number of halogens is 3. The molecule has 0 radical (unpaired) electrons. The van der Waals surface area contributed by atoms with Gasteiger partial charge in [-0.25, -0.2) is 51.2 Å². The summed E-state index contributed by atoms with van der Waals surface area (Å²) in [6.45, 7) is 35.3. The van der Waals surface area contributed by atoms with Crippen LogP contribution in [-0.4, -0.2) is 136 Å². The van der Waals surface area contributed by atoms with Crippen LogP contribution in [0.3, 0.4) is 0 Å². The second kappa shape index (κ2) is 35.7. The van der Waals surface area contributed by atoms with Gasteiger partial charge in [0.25, 0.3) is 17.4 Å². The van der Waals surface area contributed by atoms with Crippen LogP contribution in [0.5, 0.6) is 0 Å². The molecule has 0 unspecified atom stereocenters. The molecule has 25 nitrogen and oxygen atoms in total. The predicted octanol–water partition coefficient (Wildman–Crippen LogP) is 20.3. The lowest BCUT2D eigenvalue weighted by atomic mass is 9.84. The van der Waals surface area contributed by atoms with E-state index in [-0.39, 0.29) is 93.4 Å². The van der Waals surface area contributed by atoms with Crippen molar-refractivity contribution >= 4 is 87.0 Å². The van der Waals surface area contributed by atoms with Crippen LogP contribution in [0.1, 0.15) is 149 Å². The van der Waals surface area contributed by atoms with Gasteiger partial charge in [0.1, 0.15) is 45.7 Å². The van der Waals surface area contributed by atoms with E-state index in [1.54, 1.807) is 81.2 Å². The molecule has 13 heterocycles. The van der Waals surface area contributed by atoms with Crippen LogP contribution >= 0.6 is 0 Å². The number of carbonyl (C=O) groups is 6. The van der Waals surface area contributed by atoms with Crippen molar-refractivity contribution in [2.24, 2.45) is 39.9 Å². The molecule has 6 amide bonds. The molecule has 5 aromatic carbocycles. The monoisotopic (exact) mass is 1790 g/mol. The van der Waals surface area contributed by atoms with Gasteiger partial charge in [-0.2, -0.15) is 0 Å². The van der Waals surface area contributed by atoms with Crippen LogP contribution in [0.2, 0.25) is 0 Å². The van der Waals surface area contributed by atoms with Gasteiger partial charge in [0, 0.05) is 122 Å². The molecule has 15 aromatic rings. The van der Waals surface area contributed by atoms with E-state index in [1.165, 1.54) is 36.9 Å². The minimum Gasteiger partial charge on any atom is -0.337 e. The predicted molar refractivity (Wildman–Crippen MR) is 509 cm³/mol. The number of imidazole rings is 5. The van der Waals surface area contributed by atoms with Crippen LogP contribution < -0.4 is 21.3 Å². The van der Waals surface area contributed by atoms with Crippen molar-refractivity contribution in [1.82, 2.24) is 61.6 Å². The molecule has 0 bridgehead atoms. The summed E-state index contributed by atoms with van der Waals surface area (Å²) in [5.41, 5.74) is 16.5. The van der Waals surface area contributed by atoms with Crippen LogP contribution in [0.25, 0.3) is 94.2 Å². The molecule has 4 N–H and O–H groups in total. The maximum Gasteiger partial charge on any atom is 0.258 e. The number of hydrogen-bond acceptors (Lipinski definition) is 12. The van der Waals surface area contributed by atoms with E-state index in [1.807, 2.05) is 105 Å². The molecule has 0 atom stereocenters. The molecule has 134 heavy (non-hydrogen) atoms. The van der Waals surface area contributed by atoms with E-state index in [2.05, 4.69) is 161 Å². The topological polar surface area (TPSA) is 255 Å². The van der Waals surface area contributed by atoms with Gasteiger partial charge in [-0.1, -0.05) is 133 Å². The van der Waals surface area contributed by atoms with E-state index in [0.29, 0.717) is 99.7 Å². The Kier molecular flexibility index (Phi) is 23.5. The summed E-state index contributed by atoms with van der Waals surface area (Å²) in [6.07, 6.45) is 18.6. The third-order valence-corrected chi connectivity index (χ3v) is 25.6. The Bertz CT molecular complexity index is 7230. The molecule has 10 aromatic heterocycles. The number of benzene rings is 5. The first-order valence-electron chi connectivity index (χ1n) is 45.7. The highest BCUT2D eigenvalue weighted by atomic mass is 19.1. The number of carbonyl (C=O) groups excluding carboxylic acids is 6. The van der Waals surface area contributed by atoms with Crippen molar-refractivity contribution in [3.8, 4) is 56.3 Å². The molecular weight excluding hydrogens is 1690 g/mol. The number of anilines is 4. The van der Waals surface area contributed by atoms with Crippen LogP contribution in [0, 0.1) is 77.4 Å². The van der Waals surface area contributed by atoms with Crippen LogP contribution in [0.15, 0.2) is 225 Å². The largest absolute Gasteiger partial charge is 0.337 e. The quantitative estimate of drug-likeness (QED) is 0.0551. The van der Waals surface area contributed by atoms with Crippen molar-refractivity contribution in [1.29, 1.82) is 0 Å². The van der Waals surface area contributed by atoms with Gasteiger partial charge in [-0.3, -0.25) is 55.7 Å². The van der Waals surface area contributed by atoms with Crippen molar-refractivity contribution in [2.45, 2.75) is 131 Å². The molecule has 8 fully saturated rings. The summed E-state index contributed by atoms with van der Waals surface area (Å²) in [4.78, 5) is 109. The number of likely N-dealkylation sites (tertiary alicyclic amines) is 3. The van der Waals surface area contributed by atoms with Crippen LogP contribution in [-0.2, 0) is 37.8 Å². The summed E-state index contributed by atoms with van der Waals surface area (Å²) in [7, 11) is 0. The number of amides is 6. The fourth-order valence-corrected chi connectivity index (χ4v) is 18.0. The Hall–Kier alpha value is -14.9. The summed E-state index contributed by atoms with van der Waals surface area (Å²) >= 11 is 0. The Morgan fingerprint density at radius 1 is 0.388 bits per heavy atom. The van der Waals surface area contributed by atoms with Crippen molar-refractivity contribution in [2.75, 3.05) is 60.5 Å². The van der Waals surface area contributed by atoms with E-state index < -0.39 is 11.6 Å². The second-order valence-corrected chi connectivity index (χ2v) is 39.0. The van der Waals surface area contributed by atoms with Crippen LogP contribution in [0.4, 0.5) is 36.4 Å². The third-order valence-electron chi connectivity index (χ3n) is 25.6. The molecule has 678 valence electrons. The summed E-state index contributed by atoms with van der Waals surface area (Å²) in [5, 5.41) is 11.5. The first-order chi connectivity index (χ1) is 64.4. The van der Waals surface area contributed by atoms with Gasteiger partial charge < -0.3 is 40.8 Å². The Morgan fingerprint density at radius 3 is 1.14 bits per heavy atom. The molecule has 3 saturated heterocycles. The molecule has 8 aliphatic rings. The summed E-state index contributed by atoms with van der Waals surface area (Å²) in [5.74, 6) is 1.02. The Balaban J connectivity index is 0.000000108. The number of rotatable bonds is 19. The van der Waals surface area contributed by atoms with Gasteiger partial charge in [-0.15, -0.1) is 0 Å². The normalized spacial score (nSPS) is 16.8. The molecular formula is C106H102F3N19O6. The van der Waals surface area contributed by atoms with E-state index in [9.17, 15) is 37.5 Å². The van der Waals surface area contributed by atoms with Gasteiger partial charge in [0.2, 0.25) is 30.2 Å². The fourth-order valence-electron chi connectivity index (χ4n) is 18.0. The zero-order valence-electron chi connectivity index (χ0n) is 75.7. The summed E-state index contributed by atoms with van der Waals surface area (Å²) in [6, 6.07) is 59.8. The first-order valence-corrected chi connectivity index (χ1v) is 45.7. The van der Waals surface area contributed by atoms with E-state index in [4.69, 9.17) is 13.1 Å². The lowest BCUT2D eigenvalue weighted by Crippen LogP contribution is -2.55. The SMILES string of the molecule is CC1(C)CN(C(=O)c2ccc(-c3cccc4nc(NC(=O)C5CC5)cn34)c(F)c2)C1.CC1(C)CN(C(=O)c2ccc(-c3cccc4nc(NC(=O)C5CC5)cn34)cc2F)C1.CC1(C)CN(Cc2ccc(-c3cccc4nc(NC(=O)C5CC5)cn34)cc2)C1.[C-]#[N+]C1(c2ccc(-c3cccc4nc(NC(=O)C5CC5)cn34)cc2)CC1.[C-]#[N+]Cc1ccc(-c2cccc3nc(C)cn23)c(F)c1. The van der Waals surface area contributed by atoms with Crippen molar-refractivity contribution < 1.29 is 41.9 Å². The van der Waals surface area contributed by atoms with Crippen molar-refractivity contribution in [3.05, 3.63) is 299 Å². The Morgan fingerprint density at radius 2 is 0.754 bits per heavy atom. The van der Waals surface area contributed by atoms with Gasteiger partial charge in [-0.05, 0) is 194 Å². The standard InChI is InChI=1S/2C23H23FN4O2.C23H26N4O.C21H18N4O.C16H12FN3/c1-23(2)12-27(13-23)22(30)15-8-9-16(17(24)10-15)18-4-3-5-20-25-19(11-28(18)20)26-21(29)14-6-7-14;1-23(2)12-27(13-23)22(30)16-9-8-15(10-17(16)24)18-4-3-5-20-25-19(11-28(18)20)26-21(29)14-6-7-14;1-23(2)14-26(15-23)12-16-6-8-17(9-7-16)19-4-3-5-21-24-20(13-27(19)21)25-22(28)18-10-11-18;1-22-21(11-12-21)16-9-7-14(8-10-16)17-3-2-4-19-23-18(13-25(17)19)24-20(26)15-5-6-15;1-11-10-20-15(4-3-5-16(20)19-11)13-7-6-12(9-18-2)8-14(13)17/h2*3-5,8-11,14H,6-7,12-13H2,1-2H3,(H,26,29);3-9,13,18H,10-12,14-15H2,1-2H3,(H,25,28);2-4,7-10,13,15H,5-6,11-12H2,(H,24,26);3-8,10H,9H2,1H3. The smallest absolute Gasteiger partial charge is 0.258 e. The minimum atomic E-state index is -0.540. The highest BCUT2D eigenvalue weighted by molar-refractivity contribution is 5.98. The average molecular weight is 1800 g/mol. The summed E-state index contributed by atoms with van der Waals surface area (Å²) < 4.78 is 53.6. The lowest BCUT2D eigenvalue weighted by Gasteiger charge is -2.46. The highest BCUT2D eigenvalue weighted by Crippen LogP contribution is 2.50. The Labute approximate surface area is 773 Å². The number of hydrogen-bond donors (Lipinski definition) is 4. The number of aryl methyl sites for hydroxylation is 1. The molecule has 5 aliphatic carbocycles. The molecule has 28 heteroatoms. The number of fused-ring (bicyclic) bond motifs is 5. The van der Waals surface area contributed by atoms with Gasteiger partial charge in [0.15, 0.2) is 23.3 Å². The number of pyridine rings is 5. The molecule has 5 saturated carbocycles. The second-order valence-electron chi connectivity index (χ2n) is 39.0. The zero-order chi connectivity index (χ0) is 93.2. The number of aromatic nitrogens is 10.